The van der Waals surface area contributed by atoms with Gasteiger partial charge in [-0.2, -0.15) is 0 Å². The van der Waals surface area contributed by atoms with Crippen molar-refractivity contribution in [3.8, 4) is 0 Å². The Balaban J connectivity index is 1.66. The lowest BCUT2D eigenvalue weighted by atomic mass is 9.79. The maximum Gasteiger partial charge on any atom is 0.410 e. The van der Waals surface area contributed by atoms with Gasteiger partial charge in [-0.25, -0.2) is 4.79 Å². The van der Waals surface area contributed by atoms with Crippen LogP contribution in [-0.4, -0.2) is 42.8 Å². The van der Waals surface area contributed by atoms with E-state index in [1.165, 1.54) is 12.1 Å². The highest BCUT2D eigenvalue weighted by atomic mass is 16.6. The van der Waals surface area contributed by atoms with Gasteiger partial charge in [-0.05, 0) is 52.2 Å². The second kappa shape index (κ2) is 6.06. The number of rotatable bonds is 1. The molecule has 0 saturated carbocycles. The Bertz CT molecular complexity index is 552. The fourth-order valence-corrected chi connectivity index (χ4v) is 3.82. The van der Waals surface area contributed by atoms with Crippen LogP contribution in [0.1, 0.15) is 40.0 Å². The van der Waals surface area contributed by atoms with Gasteiger partial charge in [-0.15, -0.1) is 0 Å². The van der Waals surface area contributed by atoms with Crippen LogP contribution in [-0.2, 0) is 4.74 Å². The summed E-state index contributed by atoms with van der Waals surface area (Å²) in [5.74, 6) is 0. The van der Waals surface area contributed by atoms with Gasteiger partial charge in [0.2, 0.25) is 0 Å². The van der Waals surface area contributed by atoms with Crippen molar-refractivity contribution < 1.29 is 9.53 Å². The fourth-order valence-electron chi connectivity index (χ4n) is 3.82. The molecule has 1 spiro atoms. The Morgan fingerprint density at radius 3 is 2.52 bits per heavy atom. The number of benzene rings is 1. The van der Waals surface area contributed by atoms with E-state index in [2.05, 4.69) is 35.2 Å². The quantitative estimate of drug-likeness (QED) is 0.787. The molecule has 1 atom stereocenters. The van der Waals surface area contributed by atoms with E-state index in [0.717, 1.165) is 39.0 Å². The molecule has 2 fully saturated rings. The van der Waals surface area contributed by atoms with Crippen LogP contribution in [0.25, 0.3) is 0 Å². The molecule has 4 nitrogen and oxygen atoms in total. The summed E-state index contributed by atoms with van der Waals surface area (Å²) >= 11 is 0. The molecule has 3 rings (SSSR count). The van der Waals surface area contributed by atoms with Gasteiger partial charge in [-0.3, -0.25) is 0 Å². The van der Waals surface area contributed by atoms with Gasteiger partial charge < -0.3 is 14.5 Å². The molecule has 2 aliphatic rings. The summed E-state index contributed by atoms with van der Waals surface area (Å²) in [6.07, 6.45) is 3.27. The average Bonchev–Trinajstić information content (AvgIpc) is 2.90. The van der Waals surface area contributed by atoms with E-state index in [-0.39, 0.29) is 11.5 Å². The molecule has 1 unspecified atom stereocenters. The molecule has 0 aliphatic carbocycles. The van der Waals surface area contributed by atoms with Gasteiger partial charge in [-0.1, -0.05) is 18.2 Å². The fraction of sp³-hybridized carbons (Fsp3) is 0.632. The lowest BCUT2D eigenvalue weighted by molar-refractivity contribution is 0.00714. The van der Waals surface area contributed by atoms with Gasteiger partial charge in [0.15, 0.2) is 0 Å². The zero-order valence-corrected chi connectivity index (χ0v) is 14.5. The normalized spacial score (nSPS) is 25.0. The van der Waals surface area contributed by atoms with Crippen molar-refractivity contribution in [2.45, 2.75) is 45.6 Å². The van der Waals surface area contributed by atoms with Gasteiger partial charge in [0, 0.05) is 37.3 Å². The van der Waals surface area contributed by atoms with Crippen LogP contribution in [0, 0.1) is 5.41 Å². The number of nitrogens with zero attached hydrogens (tertiary/aromatic N) is 2. The Morgan fingerprint density at radius 1 is 1.09 bits per heavy atom. The van der Waals surface area contributed by atoms with Gasteiger partial charge in [0.05, 0.1) is 0 Å². The van der Waals surface area contributed by atoms with Crippen LogP contribution in [0.15, 0.2) is 30.3 Å². The third kappa shape index (κ3) is 3.80. The summed E-state index contributed by atoms with van der Waals surface area (Å²) in [6, 6.07) is 10.6. The van der Waals surface area contributed by atoms with Crippen LogP contribution in [0.2, 0.25) is 0 Å². The first kappa shape index (κ1) is 16.2. The molecule has 2 saturated heterocycles. The van der Waals surface area contributed by atoms with Crippen molar-refractivity contribution in [2.24, 2.45) is 5.41 Å². The lowest BCUT2D eigenvalue weighted by Crippen LogP contribution is -2.48. The SMILES string of the molecule is CC(C)(C)OC(=O)N1CCCC2(CCN(c3ccccc3)C2)C1. The third-order valence-corrected chi connectivity index (χ3v) is 4.87. The Kier molecular flexibility index (Phi) is 4.26. The maximum atomic E-state index is 12.4. The molecule has 1 aromatic carbocycles. The highest BCUT2D eigenvalue weighted by Crippen LogP contribution is 2.40. The lowest BCUT2D eigenvalue weighted by Gasteiger charge is -2.40. The minimum absolute atomic E-state index is 0.158. The van der Waals surface area contributed by atoms with Gasteiger partial charge >= 0.3 is 6.09 Å². The standard InChI is InChI=1S/C19H28N2O2/c1-18(2,3)23-17(22)21-12-7-10-19(15-21)11-13-20(14-19)16-8-5-4-6-9-16/h4-6,8-9H,7,10-15H2,1-3H3. The van der Waals surface area contributed by atoms with E-state index < -0.39 is 5.60 Å². The van der Waals surface area contributed by atoms with E-state index >= 15 is 0 Å². The Hall–Kier alpha value is -1.71. The number of carbonyl (C=O) groups excluding carboxylic acids is 1. The number of hydrogen-bond acceptors (Lipinski definition) is 3. The highest BCUT2D eigenvalue weighted by Gasteiger charge is 2.43. The number of hydrogen-bond donors (Lipinski definition) is 0. The van der Waals surface area contributed by atoms with Crippen molar-refractivity contribution in [1.29, 1.82) is 0 Å². The van der Waals surface area contributed by atoms with E-state index in [1.54, 1.807) is 0 Å². The number of anilines is 1. The first-order chi connectivity index (χ1) is 10.9. The molecule has 2 heterocycles. The van der Waals surface area contributed by atoms with Crippen molar-refractivity contribution in [2.75, 3.05) is 31.1 Å². The Morgan fingerprint density at radius 2 is 1.83 bits per heavy atom. The van der Waals surface area contributed by atoms with Crippen molar-refractivity contribution in [3.05, 3.63) is 30.3 Å². The van der Waals surface area contributed by atoms with Crippen LogP contribution in [0.3, 0.4) is 0 Å². The molecule has 0 aromatic heterocycles. The van der Waals surface area contributed by atoms with Crippen molar-refractivity contribution in [3.63, 3.8) is 0 Å². The highest BCUT2D eigenvalue weighted by molar-refractivity contribution is 5.68. The zero-order valence-electron chi connectivity index (χ0n) is 14.5. The second-order valence-corrected chi connectivity index (χ2v) is 8.01. The third-order valence-electron chi connectivity index (χ3n) is 4.87. The second-order valence-electron chi connectivity index (χ2n) is 8.01. The summed E-state index contributed by atoms with van der Waals surface area (Å²) in [5, 5.41) is 0. The summed E-state index contributed by atoms with van der Waals surface area (Å²) in [5.41, 5.74) is 1.09. The maximum absolute atomic E-state index is 12.4. The van der Waals surface area contributed by atoms with Crippen LogP contribution >= 0.6 is 0 Å². The van der Waals surface area contributed by atoms with E-state index in [0.29, 0.717) is 0 Å². The Labute approximate surface area is 139 Å². The smallest absolute Gasteiger partial charge is 0.410 e. The minimum atomic E-state index is -0.423. The number of amides is 1. The molecule has 4 heteroatoms. The van der Waals surface area contributed by atoms with Gasteiger partial charge in [0.1, 0.15) is 5.60 Å². The molecule has 0 radical (unpaired) electrons. The zero-order chi connectivity index (χ0) is 16.5. The molecular weight excluding hydrogens is 288 g/mol. The molecule has 2 aliphatic heterocycles. The summed E-state index contributed by atoms with van der Waals surface area (Å²) < 4.78 is 5.56. The molecular formula is C19H28N2O2. The molecule has 126 valence electrons. The molecule has 0 N–H and O–H groups in total. The van der Waals surface area contributed by atoms with E-state index in [9.17, 15) is 4.79 Å². The number of carbonyl (C=O) groups is 1. The first-order valence-corrected chi connectivity index (χ1v) is 8.65. The number of piperidine rings is 1. The van der Waals surface area contributed by atoms with Crippen LogP contribution < -0.4 is 4.90 Å². The first-order valence-electron chi connectivity index (χ1n) is 8.65. The van der Waals surface area contributed by atoms with Gasteiger partial charge in [0.25, 0.3) is 0 Å². The molecule has 0 bridgehead atoms. The summed E-state index contributed by atoms with van der Waals surface area (Å²) in [7, 11) is 0. The number of ether oxygens (including phenoxy) is 1. The topological polar surface area (TPSA) is 32.8 Å². The van der Waals surface area contributed by atoms with Crippen molar-refractivity contribution in [1.82, 2.24) is 4.90 Å². The minimum Gasteiger partial charge on any atom is -0.444 e. The monoisotopic (exact) mass is 316 g/mol. The predicted octanol–water partition coefficient (Wildman–Crippen LogP) is 3.91. The number of likely N-dealkylation sites (tertiary alicyclic amines) is 1. The molecule has 23 heavy (non-hydrogen) atoms. The molecule has 1 amide bonds. The largest absolute Gasteiger partial charge is 0.444 e. The van der Waals surface area contributed by atoms with E-state index in [1.807, 2.05) is 25.7 Å². The van der Waals surface area contributed by atoms with Crippen molar-refractivity contribution >= 4 is 11.8 Å². The predicted molar refractivity (Wildman–Crippen MR) is 92.7 cm³/mol. The van der Waals surface area contributed by atoms with Crippen LogP contribution in [0.4, 0.5) is 10.5 Å². The summed E-state index contributed by atoms with van der Waals surface area (Å²) in [4.78, 5) is 16.8. The van der Waals surface area contributed by atoms with Crippen LogP contribution in [0.5, 0.6) is 0 Å². The molecule has 1 aromatic rings. The van der Waals surface area contributed by atoms with E-state index in [4.69, 9.17) is 4.74 Å². The number of para-hydroxylation sites is 1. The average molecular weight is 316 g/mol. The summed E-state index contributed by atoms with van der Waals surface area (Å²) in [6.45, 7) is 9.54.